The van der Waals surface area contributed by atoms with Crippen molar-refractivity contribution in [1.82, 2.24) is 19.7 Å². The third-order valence-electron chi connectivity index (χ3n) is 4.46. The Morgan fingerprint density at radius 3 is 2.17 bits per heavy atom. The molecule has 0 unspecified atom stereocenters. The summed E-state index contributed by atoms with van der Waals surface area (Å²) in [6, 6.07) is 20.6. The monoisotopic (exact) mass is 398 g/mol. The minimum absolute atomic E-state index is 0.207. The van der Waals surface area contributed by atoms with Gasteiger partial charge in [-0.2, -0.15) is 5.10 Å². The predicted molar refractivity (Wildman–Crippen MR) is 117 cm³/mol. The van der Waals surface area contributed by atoms with Gasteiger partial charge in [-0.1, -0.05) is 18.2 Å². The number of carbonyl (C=O) groups excluding carboxylic acids is 1. The Hall–Kier alpha value is -4.00. The third kappa shape index (κ3) is 4.35. The minimum atomic E-state index is -0.207. The number of anilines is 3. The maximum Gasteiger partial charge on any atom is 0.256 e. The molecule has 0 radical (unpaired) electrons. The number of hydrogen-bond donors (Lipinski definition) is 2. The molecule has 0 fully saturated rings. The average molecular weight is 398 g/mol. The molecular formula is C23H22N6O. The van der Waals surface area contributed by atoms with Gasteiger partial charge in [0.25, 0.3) is 5.91 Å². The lowest BCUT2D eigenvalue weighted by molar-refractivity contribution is 0.102. The molecule has 1 amide bonds. The molecule has 2 heterocycles. The van der Waals surface area contributed by atoms with Crippen LogP contribution in [0.3, 0.4) is 0 Å². The van der Waals surface area contributed by atoms with Crippen LogP contribution in [-0.2, 0) is 0 Å². The van der Waals surface area contributed by atoms with Gasteiger partial charge in [0, 0.05) is 28.7 Å². The van der Waals surface area contributed by atoms with Crippen LogP contribution in [0.1, 0.15) is 27.4 Å². The number of benzene rings is 2. The van der Waals surface area contributed by atoms with Gasteiger partial charge in [-0.05, 0) is 63.2 Å². The molecule has 2 aromatic carbocycles. The maximum absolute atomic E-state index is 12.8. The second-order valence-electron chi connectivity index (χ2n) is 7.05. The van der Waals surface area contributed by atoms with Crippen LogP contribution in [-0.4, -0.2) is 25.7 Å². The fraction of sp³-hybridized carbons (Fsp3) is 0.130. The zero-order chi connectivity index (χ0) is 21.1. The molecule has 2 N–H and O–H groups in total. The Morgan fingerprint density at radius 1 is 0.833 bits per heavy atom. The third-order valence-corrected chi connectivity index (χ3v) is 4.46. The van der Waals surface area contributed by atoms with Gasteiger partial charge in [-0.25, -0.2) is 14.6 Å². The van der Waals surface area contributed by atoms with Crippen LogP contribution in [0.4, 0.5) is 17.5 Å². The highest BCUT2D eigenvalue weighted by atomic mass is 16.1. The fourth-order valence-corrected chi connectivity index (χ4v) is 3.16. The molecule has 0 saturated heterocycles. The van der Waals surface area contributed by atoms with Crippen LogP contribution in [0.15, 0.2) is 66.7 Å². The van der Waals surface area contributed by atoms with E-state index in [9.17, 15) is 4.79 Å². The van der Waals surface area contributed by atoms with Crippen molar-refractivity contribution in [2.75, 3.05) is 10.6 Å². The van der Waals surface area contributed by atoms with Gasteiger partial charge in [0.2, 0.25) is 5.95 Å². The number of amides is 1. The van der Waals surface area contributed by atoms with Gasteiger partial charge in [-0.15, -0.1) is 0 Å². The number of aromatic nitrogens is 4. The van der Waals surface area contributed by atoms with E-state index in [-0.39, 0.29) is 5.91 Å². The summed E-state index contributed by atoms with van der Waals surface area (Å²) in [4.78, 5) is 21.5. The zero-order valence-corrected chi connectivity index (χ0v) is 17.0. The predicted octanol–water partition coefficient (Wildman–Crippen LogP) is 4.58. The van der Waals surface area contributed by atoms with Crippen molar-refractivity contribution < 1.29 is 4.79 Å². The zero-order valence-electron chi connectivity index (χ0n) is 17.0. The van der Waals surface area contributed by atoms with Crippen molar-refractivity contribution in [2.24, 2.45) is 0 Å². The highest BCUT2D eigenvalue weighted by Crippen LogP contribution is 2.19. The number of nitrogens with zero attached hydrogens (tertiary/aromatic N) is 4. The molecule has 0 aliphatic carbocycles. The van der Waals surface area contributed by atoms with Crippen molar-refractivity contribution in [3.05, 3.63) is 89.4 Å². The van der Waals surface area contributed by atoms with E-state index in [0.717, 1.165) is 28.5 Å². The Bertz CT molecular complexity index is 1160. The number of aryl methyl sites for hydroxylation is 3. The van der Waals surface area contributed by atoms with Crippen LogP contribution < -0.4 is 10.6 Å². The van der Waals surface area contributed by atoms with E-state index in [4.69, 9.17) is 0 Å². The first-order valence-corrected chi connectivity index (χ1v) is 9.61. The van der Waals surface area contributed by atoms with Gasteiger partial charge in [-0.3, -0.25) is 4.79 Å². The van der Waals surface area contributed by atoms with Gasteiger partial charge < -0.3 is 10.6 Å². The quantitative estimate of drug-likeness (QED) is 0.514. The normalized spacial score (nSPS) is 10.6. The van der Waals surface area contributed by atoms with Crippen LogP contribution in [0, 0.1) is 20.8 Å². The first-order valence-electron chi connectivity index (χ1n) is 9.61. The van der Waals surface area contributed by atoms with Crippen LogP contribution in [0.25, 0.3) is 5.69 Å². The topological polar surface area (TPSA) is 84.7 Å². The second-order valence-corrected chi connectivity index (χ2v) is 7.05. The number of carbonyl (C=O) groups is 1. The lowest BCUT2D eigenvalue weighted by Gasteiger charge is -2.10. The summed E-state index contributed by atoms with van der Waals surface area (Å²) in [6.07, 6.45) is 0. The Labute approximate surface area is 174 Å². The van der Waals surface area contributed by atoms with Crippen LogP contribution in [0.5, 0.6) is 0 Å². The molecule has 150 valence electrons. The molecular weight excluding hydrogens is 376 g/mol. The summed E-state index contributed by atoms with van der Waals surface area (Å²) in [5.74, 6) is 0.947. The maximum atomic E-state index is 12.8. The smallest absolute Gasteiger partial charge is 0.256 e. The van der Waals surface area contributed by atoms with E-state index in [0.29, 0.717) is 17.3 Å². The van der Waals surface area contributed by atoms with Crippen molar-refractivity contribution >= 4 is 23.4 Å². The molecule has 0 aliphatic heterocycles. The summed E-state index contributed by atoms with van der Waals surface area (Å²) in [5, 5.41) is 10.6. The number of nitrogens with one attached hydrogen (secondary N) is 2. The molecule has 2 aromatic heterocycles. The summed E-state index contributed by atoms with van der Waals surface area (Å²) in [5.41, 5.74) is 4.84. The number of para-hydroxylation sites is 1. The van der Waals surface area contributed by atoms with Crippen molar-refractivity contribution in [3.63, 3.8) is 0 Å². The average Bonchev–Trinajstić information content (AvgIpc) is 3.08. The Morgan fingerprint density at radius 2 is 1.50 bits per heavy atom. The highest BCUT2D eigenvalue weighted by Gasteiger charge is 2.12. The minimum Gasteiger partial charge on any atom is -0.324 e. The van der Waals surface area contributed by atoms with Crippen molar-refractivity contribution in [3.8, 4) is 5.69 Å². The van der Waals surface area contributed by atoms with Gasteiger partial charge in [0.15, 0.2) is 0 Å². The number of hydrogen-bond acceptors (Lipinski definition) is 5. The van der Waals surface area contributed by atoms with E-state index in [1.165, 1.54) is 0 Å². The molecule has 0 spiro atoms. The molecule has 4 rings (SSSR count). The molecule has 7 nitrogen and oxygen atoms in total. The summed E-state index contributed by atoms with van der Waals surface area (Å²) in [6.45, 7) is 5.75. The standard InChI is InChI=1S/C23H22N6O/c1-15-13-16(2)25-23(24-15)26-19-11-9-18(10-12-19)22(30)27-21-14-17(3)28-29(21)20-7-5-4-6-8-20/h4-14H,1-3H3,(H,27,30)(H,24,25,26). The molecule has 30 heavy (non-hydrogen) atoms. The summed E-state index contributed by atoms with van der Waals surface area (Å²) < 4.78 is 1.72. The highest BCUT2D eigenvalue weighted by molar-refractivity contribution is 6.04. The molecule has 4 aromatic rings. The van der Waals surface area contributed by atoms with E-state index in [1.54, 1.807) is 16.8 Å². The number of rotatable bonds is 5. The van der Waals surface area contributed by atoms with E-state index >= 15 is 0 Å². The lowest BCUT2D eigenvalue weighted by Crippen LogP contribution is -2.15. The van der Waals surface area contributed by atoms with Gasteiger partial charge >= 0.3 is 0 Å². The van der Waals surface area contributed by atoms with Crippen LogP contribution >= 0.6 is 0 Å². The molecule has 7 heteroatoms. The van der Waals surface area contributed by atoms with Crippen molar-refractivity contribution in [1.29, 1.82) is 0 Å². The Balaban J connectivity index is 1.50. The summed E-state index contributed by atoms with van der Waals surface area (Å²) in [7, 11) is 0. The molecule has 0 aliphatic rings. The van der Waals surface area contributed by atoms with Crippen molar-refractivity contribution in [2.45, 2.75) is 20.8 Å². The first-order chi connectivity index (χ1) is 14.5. The van der Waals surface area contributed by atoms with Crippen LogP contribution in [0.2, 0.25) is 0 Å². The van der Waals surface area contributed by atoms with Gasteiger partial charge in [0.1, 0.15) is 5.82 Å². The molecule has 0 atom stereocenters. The van der Waals surface area contributed by atoms with E-state index in [2.05, 4.69) is 25.7 Å². The fourth-order valence-electron chi connectivity index (χ4n) is 3.16. The lowest BCUT2D eigenvalue weighted by atomic mass is 10.2. The molecule has 0 bridgehead atoms. The SMILES string of the molecule is Cc1cc(C)nc(Nc2ccc(C(=O)Nc3cc(C)nn3-c3ccccc3)cc2)n1. The second kappa shape index (κ2) is 8.16. The summed E-state index contributed by atoms with van der Waals surface area (Å²) >= 11 is 0. The first kappa shape index (κ1) is 19.3. The molecule has 0 saturated carbocycles. The van der Waals surface area contributed by atoms with E-state index in [1.807, 2.05) is 75.4 Å². The Kier molecular flexibility index (Phi) is 5.26. The van der Waals surface area contributed by atoms with Gasteiger partial charge in [0.05, 0.1) is 11.4 Å². The largest absolute Gasteiger partial charge is 0.324 e. The van der Waals surface area contributed by atoms with E-state index < -0.39 is 0 Å².